The highest BCUT2D eigenvalue weighted by molar-refractivity contribution is 5.94. The maximum Gasteiger partial charge on any atom is 0.255 e. The van der Waals surface area contributed by atoms with Crippen LogP contribution in [0.15, 0.2) is 49.1 Å². The number of carbonyl (C=O) groups excluding carboxylic acids is 1. The molecule has 0 spiro atoms. The van der Waals surface area contributed by atoms with Crippen LogP contribution in [-0.2, 0) is 6.54 Å². The van der Waals surface area contributed by atoms with Gasteiger partial charge in [0.05, 0.1) is 5.56 Å². The molecule has 2 heterocycles. The summed E-state index contributed by atoms with van der Waals surface area (Å²) >= 11 is 0. The van der Waals surface area contributed by atoms with Gasteiger partial charge in [-0.15, -0.1) is 0 Å². The van der Waals surface area contributed by atoms with Gasteiger partial charge in [0, 0.05) is 37.4 Å². The minimum absolute atomic E-state index is 0.0624. The molecule has 1 aliphatic carbocycles. The van der Waals surface area contributed by atoms with Crippen LogP contribution in [0.1, 0.15) is 28.8 Å². The Bertz CT molecular complexity index is 552. The average Bonchev–Trinajstić information content (AvgIpc) is 3.31. The normalized spacial score (nSPS) is 14.1. The smallest absolute Gasteiger partial charge is 0.255 e. The van der Waals surface area contributed by atoms with Crippen LogP contribution in [-0.4, -0.2) is 26.8 Å². The van der Waals surface area contributed by atoms with Crippen molar-refractivity contribution in [1.29, 1.82) is 0 Å². The van der Waals surface area contributed by atoms with Crippen molar-refractivity contribution in [3.05, 3.63) is 60.2 Å². The summed E-state index contributed by atoms with van der Waals surface area (Å²) < 4.78 is 0. The molecule has 1 fully saturated rings. The van der Waals surface area contributed by atoms with Gasteiger partial charge in [-0.05, 0) is 42.7 Å². The number of hydrogen-bond donors (Lipinski definition) is 0. The summed E-state index contributed by atoms with van der Waals surface area (Å²) in [7, 11) is 0. The van der Waals surface area contributed by atoms with Gasteiger partial charge in [0.15, 0.2) is 0 Å². The van der Waals surface area contributed by atoms with Gasteiger partial charge in [-0.25, -0.2) is 0 Å². The van der Waals surface area contributed by atoms with Crippen molar-refractivity contribution in [2.75, 3.05) is 0 Å². The van der Waals surface area contributed by atoms with Gasteiger partial charge in [0.1, 0.15) is 0 Å². The van der Waals surface area contributed by atoms with E-state index in [-0.39, 0.29) is 5.91 Å². The van der Waals surface area contributed by atoms with Gasteiger partial charge in [-0.1, -0.05) is 0 Å². The summed E-state index contributed by atoms with van der Waals surface area (Å²) in [6, 6.07) is 7.89. The average molecular weight is 253 g/mol. The van der Waals surface area contributed by atoms with E-state index in [1.165, 1.54) is 0 Å². The molecule has 19 heavy (non-hydrogen) atoms. The van der Waals surface area contributed by atoms with E-state index in [1.807, 2.05) is 23.1 Å². The van der Waals surface area contributed by atoms with Gasteiger partial charge in [0.25, 0.3) is 5.91 Å². The van der Waals surface area contributed by atoms with Crippen molar-refractivity contribution in [2.45, 2.75) is 25.4 Å². The molecule has 0 aromatic carbocycles. The van der Waals surface area contributed by atoms with Crippen LogP contribution in [0.5, 0.6) is 0 Å². The molecule has 0 atom stereocenters. The van der Waals surface area contributed by atoms with Crippen molar-refractivity contribution in [1.82, 2.24) is 14.9 Å². The number of carbonyl (C=O) groups is 1. The van der Waals surface area contributed by atoms with E-state index in [9.17, 15) is 4.79 Å². The Balaban J connectivity index is 1.80. The van der Waals surface area contributed by atoms with Crippen LogP contribution in [0.4, 0.5) is 0 Å². The lowest BCUT2D eigenvalue weighted by Gasteiger charge is -2.22. The lowest BCUT2D eigenvalue weighted by atomic mass is 10.2. The second kappa shape index (κ2) is 5.18. The van der Waals surface area contributed by atoms with E-state index in [4.69, 9.17) is 0 Å². The van der Waals surface area contributed by atoms with E-state index in [2.05, 4.69) is 9.97 Å². The first kappa shape index (κ1) is 11.8. The minimum atomic E-state index is 0.0624. The van der Waals surface area contributed by atoms with E-state index in [0.717, 1.165) is 18.4 Å². The van der Waals surface area contributed by atoms with Crippen LogP contribution in [0, 0.1) is 0 Å². The van der Waals surface area contributed by atoms with E-state index in [0.29, 0.717) is 18.2 Å². The third kappa shape index (κ3) is 2.78. The molecule has 0 aliphatic heterocycles. The van der Waals surface area contributed by atoms with Crippen LogP contribution < -0.4 is 0 Å². The summed E-state index contributed by atoms with van der Waals surface area (Å²) in [6.45, 7) is 0.640. The van der Waals surface area contributed by atoms with Gasteiger partial charge >= 0.3 is 0 Å². The molecule has 0 radical (unpaired) electrons. The van der Waals surface area contributed by atoms with E-state index in [1.54, 1.807) is 30.9 Å². The first-order chi connectivity index (χ1) is 9.34. The molecule has 2 aromatic rings. The largest absolute Gasteiger partial charge is 0.331 e. The first-order valence-electron chi connectivity index (χ1n) is 6.44. The fraction of sp³-hybridized carbons (Fsp3) is 0.267. The maximum atomic E-state index is 12.5. The molecule has 4 heteroatoms. The van der Waals surface area contributed by atoms with Crippen molar-refractivity contribution < 1.29 is 4.79 Å². The van der Waals surface area contributed by atoms with Gasteiger partial charge < -0.3 is 4.90 Å². The quantitative estimate of drug-likeness (QED) is 0.839. The monoisotopic (exact) mass is 253 g/mol. The fourth-order valence-electron chi connectivity index (χ4n) is 2.09. The molecule has 4 nitrogen and oxygen atoms in total. The zero-order valence-electron chi connectivity index (χ0n) is 10.6. The van der Waals surface area contributed by atoms with E-state index < -0.39 is 0 Å². The Morgan fingerprint density at radius 1 is 1.16 bits per heavy atom. The highest BCUT2D eigenvalue weighted by Gasteiger charge is 2.33. The number of aromatic nitrogens is 2. The van der Waals surface area contributed by atoms with Crippen molar-refractivity contribution in [3.8, 4) is 0 Å². The lowest BCUT2D eigenvalue weighted by Crippen LogP contribution is -2.32. The van der Waals surface area contributed by atoms with Crippen LogP contribution in [0.2, 0.25) is 0 Å². The third-order valence-corrected chi connectivity index (χ3v) is 3.26. The summed E-state index contributed by atoms with van der Waals surface area (Å²) in [5.41, 5.74) is 1.77. The van der Waals surface area contributed by atoms with E-state index >= 15 is 0 Å². The number of rotatable bonds is 4. The maximum absolute atomic E-state index is 12.5. The molecule has 1 amide bonds. The highest BCUT2D eigenvalue weighted by atomic mass is 16.2. The van der Waals surface area contributed by atoms with Crippen LogP contribution in [0.25, 0.3) is 0 Å². The van der Waals surface area contributed by atoms with Crippen LogP contribution >= 0.6 is 0 Å². The first-order valence-corrected chi connectivity index (χ1v) is 6.44. The molecule has 1 aliphatic rings. The topological polar surface area (TPSA) is 46.1 Å². The highest BCUT2D eigenvalue weighted by Crippen LogP contribution is 2.29. The third-order valence-electron chi connectivity index (χ3n) is 3.26. The summed E-state index contributed by atoms with van der Waals surface area (Å²) in [4.78, 5) is 22.5. The summed E-state index contributed by atoms with van der Waals surface area (Å²) in [5, 5.41) is 0. The predicted molar refractivity (Wildman–Crippen MR) is 71.4 cm³/mol. The Kier molecular flexibility index (Phi) is 3.23. The number of amides is 1. The van der Waals surface area contributed by atoms with Gasteiger partial charge in [-0.3, -0.25) is 14.8 Å². The van der Waals surface area contributed by atoms with Gasteiger partial charge in [0.2, 0.25) is 0 Å². The standard InChI is InChI=1S/C15H15N3O/c19-15(13-2-1-7-17-10-13)18(14-3-4-14)11-12-5-8-16-9-6-12/h1-2,5-10,14H,3-4,11H2. The lowest BCUT2D eigenvalue weighted by molar-refractivity contribution is 0.0729. The number of hydrogen-bond acceptors (Lipinski definition) is 3. The van der Waals surface area contributed by atoms with Gasteiger partial charge in [-0.2, -0.15) is 0 Å². The number of pyridine rings is 2. The number of nitrogens with zero attached hydrogens (tertiary/aromatic N) is 3. The molecule has 0 unspecified atom stereocenters. The SMILES string of the molecule is O=C(c1cccnc1)N(Cc1ccncc1)C1CC1. The molecule has 96 valence electrons. The predicted octanol–water partition coefficient (Wildman–Crippen LogP) is 2.28. The second-order valence-corrected chi connectivity index (χ2v) is 4.76. The van der Waals surface area contributed by atoms with Crippen molar-refractivity contribution in [2.24, 2.45) is 0 Å². The van der Waals surface area contributed by atoms with Crippen molar-refractivity contribution >= 4 is 5.91 Å². The Morgan fingerprint density at radius 3 is 2.58 bits per heavy atom. The Hall–Kier alpha value is -2.23. The summed E-state index contributed by atoms with van der Waals surface area (Å²) in [6.07, 6.45) is 9.02. The molecule has 0 saturated heterocycles. The Morgan fingerprint density at radius 2 is 1.95 bits per heavy atom. The summed E-state index contributed by atoms with van der Waals surface area (Å²) in [5.74, 6) is 0.0624. The Labute approximate surface area is 112 Å². The molecule has 2 aromatic heterocycles. The molecule has 0 N–H and O–H groups in total. The second-order valence-electron chi connectivity index (χ2n) is 4.76. The molecule has 3 rings (SSSR count). The molecule has 0 bridgehead atoms. The molecular formula is C15H15N3O. The molecular weight excluding hydrogens is 238 g/mol. The van der Waals surface area contributed by atoms with Crippen LogP contribution in [0.3, 0.4) is 0 Å². The minimum Gasteiger partial charge on any atom is -0.331 e. The molecule has 1 saturated carbocycles. The van der Waals surface area contributed by atoms with Crippen molar-refractivity contribution in [3.63, 3.8) is 0 Å². The fourth-order valence-corrected chi connectivity index (χ4v) is 2.09. The zero-order valence-corrected chi connectivity index (χ0v) is 10.6. The zero-order chi connectivity index (χ0) is 13.1.